The van der Waals surface area contributed by atoms with Crippen LogP contribution in [0, 0.1) is 3.57 Å². The van der Waals surface area contributed by atoms with Gasteiger partial charge in [0.05, 0.1) is 0 Å². The van der Waals surface area contributed by atoms with E-state index in [1.165, 1.54) is 3.57 Å². The van der Waals surface area contributed by atoms with Crippen LogP contribution in [0.5, 0.6) is 5.75 Å². The minimum atomic E-state index is -0.0516. The number of rotatable bonds is 4. The lowest BCUT2D eigenvalue weighted by molar-refractivity contribution is 0.301. The van der Waals surface area contributed by atoms with E-state index >= 15 is 0 Å². The summed E-state index contributed by atoms with van der Waals surface area (Å²) in [6.45, 7) is 2.51. The van der Waals surface area contributed by atoms with Gasteiger partial charge in [-0.05, 0) is 65.4 Å². The van der Waals surface area contributed by atoms with E-state index in [4.69, 9.17) is 10.5 Å². The Morgan fingerprint density at radius 1 is 1.21 bits per heavy atom. The lowest BCUT2D eigenvalue weighted by Crippen LogP contribution is -2.08. The lowest BCUT2D eigenvalue weighted by atomic mass is 10.1. The Kier molecular flexibility index (Phi) is 5.24. The molecule has 4 heteroatoms. The molecule has 0 spiro atoms. The summed E-state index contributed by atoms with van der Waals surface area (Å²) in [6.07, 6.45) is 0. The molecule has 0 aliphatic carbocycles. The summed E-state index contributed by atoms with van der Waals surface area (Å²) in [5.74, 6) is 0.844. The maximum absolute atomic E-state index is 5.97. The first kappa shape index (κ1) is 14.8. The average Bonchev–Trinajstić information content (AvgIpc) is 2.39. The maximum atomic E-state index is 5.97. The Labute approximate surface area is 135 Å². The average molecular weight is 432 g/mol. The molecule has 100 valence electrons. The van der Waals surface area contributed by atoms with Gasteiger partial charge in [0.1, 0.15) is 12.4 Å². The second-order valence-corrected chi connectivity index (χ2v) is 6.55. The second kappa shape index (κ2) is 6.72. The van der Waals surface area contributed by atoms with Crippen molar-refractivity contribution >= 4 is 38.5 Å². The van der Waals surface area contributed by atoms with Crippen molar-refractivity contribution in [2.24, 2.45) is 5.73 Å². The Bertz CT molecular complexity index is 555. The molecule has 1 unspecified atom stereocenters. The van der Waals surface area contributed by atoms with Gasteiger partial charge in [0.15, 0.2) is 0 Å². The summed E-state index contributed by atoms with van der Waals surface area (Å²) in [5.41, 5.74) is 8.14. The van der Waals surface area contributed by atoms with E-state index < -0.39 is 0 Å². The molecule has 0 aliphatic heterocycles. The summed E-state index contributed by atoms with van der Waals surface area (Å²) < 4.78 is 8.11. The molecule has 19 heavy (non-hydrogen) atoms. The molecular weight excluding hydrogens is 417 g/mol. The van der Waals surface area contributed by atoms with Crippen molar-refractivity contribution in [2.45, 2.75) is 19.6 Å². The van der Waals surface area contributed by atoms with Gasteiger partial charge in [-0.15, -0.1) is 0 Å². The zero-order chi connectivity index (χ0) is 13.8. The van der Waals surface area contributed by atoms with Gasteiger partial charge >= 0.3 is 0 Å². The van der Waals surface area contributed by atoms with Crippen molar-refractivity contribution in [3.8, 4) is 5.75 Å². The SMILES string of the molecule is CC(N)c1cc(Br)ccc1OCc1ccc(I)cc1. The predicted octanol–water partition coefficient (Wildman–Crippen LogP) is 4.65. The van der Waals surface area contributed by atoms with E-state index in [-0.39, 0.29) is 6.04 Å². The Balaban J connectivity index is 2.13. The van der Waals surface area contributed by atoms with Crippen molar-refractivity contribution in [2.75, 3.05) is 0 Å². The molecule has 0 aliphatic rings. The predicted molar refractivity (Wildman–Crippen MR) is 90.2 cm³/mol. The maximum Gasteiger partial charge on any atom is 0.124 e. The number of nitrogens with two attached hydrogens (primary N) is 1. The molecule has 2 N–H and O–H groups in total. The fourth-order valence-electron chi connectivity index (χ4n) is 1.75. The first-order valence-corrected chi connectivity index (χ1v) is 7.85. The van der Waals surface area contributed by atoms with Crippen molar-refractivity contribution in [1.82, 2.24) is 0 Å². The Hall–Kier alpha value is -0.590. The van der Waals surface area contributed by atoms with Crippen LogP contribution in [0.4, 0.5) is 0 Å². The molecule has 1 atom stereocenters. The minimum Gasteiger partial charge on any atom is -0.489 e. The van der Waals surface area contributed by atoms with E-state index in [2.05, 4.69) is 62.8 Å². The molecule has 0 fully saturated rings. The second-order valence-electron chi connectivity index (χ2n) is 4.39. The molecular formula is C15H15BrINO. The molecule has 0 saturated carbocycles. The molecule has 2 aromatic carbocycles. The van der Waals surface area contributed by atoms with E-state index in [0.29, 0.717) is 6.61 Å². The lowest BCUT2D eigenvalue weighted by Gasteiger charge is -2.14. The monoisotopic (exact) mass is 431 g/mol. The fraction of sp³-hybridized carbons (Fsp3) is 0.200. The van der Waals surface area contributed by atoms with Crippen molar-refractivity contribution < 1.29 is 4.74 Å². The van der Waals surface area contributed by atoms with Crippen molar-refractivity contribution in [1.29, 1.82) is 0 Å². The van der Waals surface area contributed by atoms with E-state index in [1.54, 1.807) is 0 Å². The van der Waals surface area contributed by atoms with Crippen LogP contribution in [0.3, 0.4) is 0 Å². The molecule has 0 heterocycles. The standard InChI is InChI=1S/C15H15BrINO/c1-10(18)14-8-12(16)4-7-15(14)19-9-11-2-5-13(17)6-3-11/h2-8,10H,9,18H2,1H3. The zero-order valence-corrected chi connectivity index (χ0v) is 14.3. The summed E-state index contributed by atoms with van der Waals surface area (Å²) in [5, 5.41) is 0. The van der Waals surface area contributed by atoms with Crippen LogP contribution in [-0.2, 0) is 6.61 Å². The normalized spacial score (nSPS) is 12.2. The molecule has 2 rings (SSSR count). The van der Waals surface area contributed by atoms with Gasteiger partial charge in [-0.2, -0.15) is 0 Å². The summed E-state index contributed by atoms with van der Waals surface area (Å²) in [7, 11) is 0. The largest absolute Gasteiger partial charge is 0.489 e. The highest BCUT2D eigenvalue weighted by atomic mass is 127. The highest BCUT2D eigenvalue weighted by molar-refractivity contribution is 14.1. The van der Waals surface area contributed by atoms with Crippen LogP contribution >= 0.6 is 38.5 Å². The molecule has 0 bridgehead atoms. The summed E-state index contributed by atoms with van der Waals surface area (Å²) in [6, 6.07) is 14.2. The number of hydrogen-bond donors (Lipinski definition) is 1. The van der Waals surface area contributed by atoms with Crippen LogP contribution in [0.15, 0.2) is 46.9 Å². The number of ether oxygens (including phenoxy) is 1. The van der Waals surface area contributed by atoms with Gasteiger partial charge < -0.3 is 10.5 Å². The van der Waals surface area contributed by atoms with E-state index in [1.807, 2.05) is 25.1 Å². The third-order valence-electron chi connectivity index (χ3n) is 2.77. The Morgan fingerprint density at radius 2 is 1.89 bits per heavy atom. The smallest absolute Gasteiger partial charge is 0.124 e. The molecule has 0 amide bonds. The highest BCUT2D eigenvalue weighted by Crippen LogP contribution is 2.28. The topological polar surface area (TPSA) is 35.2 Å². The molecule has 2 aromatic rings. The highest BCUT2D eigenvalue weighted by Gasteiger charge is 2.09. The third kappa shape index (κ3) is 4.19. The number of benzene rings is 2. The quantitative estimate of drug-likeness (QED) is 0.715. The molecule has 0 saturated heterocycles. The zero-order valence-electron chi connectivity index (χ0n) is 10.6. The van der Waals surface area contributed by atoms with Gasteiger partial charge in [-0.1, -0.05) is 28.1 Å². The molecule has 0 radical (unpaired) electrons. The van der Waals surface area contributed by atoms with E-state index in [0.717, 1.165) is 21.3 Å². The van der Waals surface area contributed by atoms with Crippen LogP contribution < -0.4 is 10.5 Å². The van der Waals surface area contributed by atoms with Crippen molar-refractivity contribution in [3.63, 3.8) is 0 Å². The molecule has 0 aromatic heterocycles. The van der Waals surface area contributed by atoms with Crippen LogP contribution in [0.25, 0.3) is 0 Å². The minimum absolute atomic E-state index is 0.0516. The van der Waals surface area contributed by atoms with Crippen LogP contribution in [-0.4, -0.2) is 0 Å². The first-order chi connectivity index (χ1) is 9.06. The Morgan fingerprint density at radius 3 is 2.53 bits per heavy atom. The molecule has 2 nitrogen and oxygen atoms in total. The number of hydrogen-bond acceptors (Lipinski definition) is 2. The third-order valence-corrected chi connectivity index (χ3v) is 3.98. The fourth-order valence-corrected chi connectivity index (χ4v) is 2.49. The van der Waals surface area contributed by atoms with Gasteiger partial charge in [-0.3, -0.25) is 0 Å². The number of halogens is 2. The van der Waals surface area contributed by atoms with E-state index in [9.17, 15) is 0 Å². The van der Waals surface area contributed by atoms with Gasteiger partial charge in [-0.25, -0.2) is 0 Å². The van der Waals surface area contributed by atoms with Gasteiger partial charge in [0.25, 0.3) is 0 Å². The van der Waals surface area contributed by atoms with Gasteiger partial charge in [0, 0.05) is 19.6 Å². The first-order valence-electron chi connectivity index (χ1n) is 5.98. The van der Waals surface area contributed by atoms with Gasteiger partial charge in [0.2, 0.25) is 0 Å². The van der Waals surface area contributed by atoms with Crippen LogP contribution in [0.2, 0.25) is 0 Å². The van der Waals surface area contributed by atoms with Crippen LogP contribution in [0.1, 0.15) is 24.1 Å². The van der Waals surface area contributed by atoms with Crippen molar-refractivity contribution in [3.05, 3.63) is 61.6 Å². The summed E-state index contributed by atoms with van der Waals surface area (Å²) in [4.78, 5) is 0. The summed E-state index contributed by atoms with van der Waals surface area (Å²) >= 11 is 5.75.